The van der Waals surface area contributed by atoms with Crippen molar-refractivity contribution in [2.24, 2.45) is 4.99 Å². The maximum atomic E-state index is 13.8. The topological polar surface area (TPSA) is 162 Å². The fourth-order valence-corrected chi connectivity index (χ4v) is 14.5. The van der Waals surface area contributed by atoms with Crippen molar-refractivity contribution >= 4 is 56.5 Å². The molecule has 2 aromatic heterocycles. The molecule has 1 atom stereocenters. The summed E-state index contributed by atoms with van der Waals surface area (Å²) in [5, 5.41) is 19.6. The Kier molecular flexibility index (Phi) is 17.7. The first-order chi connectivity index (χ1) is 38.2. The minimum atomic E-state index is -0.894. The van der Waals surface area contributed by atoms with Gasteiger partial charge in [-0.1, -0.05) is 93.1 Å². The number of carbonyl (C=O) groups is 3. The SMILES string of the molecule is O=C(NC1(C(=O)C[C@H](CO)c2ccccc2)CCCCC1)c1ccc(-c2csc(N3CCC(N4CCOCC4)CC3)n2)cc1.O=C1OC(c2ccc(-c3csc(N4CCC(N5CCOCC5)CC4)n3)cc2)=NC12CCCCC2. The Morgan fingerprint density at radius 3 is 1.63 bits per heavy atom. The van der Waals surface area contributed by atoms with Gasteiger partial charge in [0.15, 0.2) is 21.6 Å². The van der Waals surface area contributed by atoms with E-state index in [0.717, 1.165) is 180 Å². The first kappa shape index (κ1) is 54.6. The number of aliphatic imine (C=N–C) groups is 1. The molecular weight excluding hydrogens is 1020 g/mol. The lowest BCUT2D eigenvalue weighted by molar-refractivity contribution is -0.140. The first-order valence-corrected chi connectivity index (χ1v) is 30.6. The molecule has 12 rings (SSSR count). The van der Waals surface area contributed by atoms with Crippen LogP contribution in [0.3, 0.4) is 0 Å². The number of anilines is 2. The molecule has 0 radical (unpaired) electrons. The number of amides is 1. The van der Waals surface area contributed by atoms with Crippen molar-refractivity contribution in [1.82, 2.24) is 25.1 Å². The van der Waals surface area contributed by atoms with Crippen LogP contribution in [0.25, 0.3) is 22.5 Å². The quantitative estimate of drug-likeness (QED) is 0.101. The highest BCUT2D eigenvalue weighted by Gasteiger charge is 2.47. The number of morpholine rings is 2. The Balaban J connectivity index is 0.000000171. The largest absolute Gasteiger partial charge is 0.405 e. The van der Waals surface area contributed by atoms with Gasteiger partial charge in [0.2, 0.25) is 5.90 Å². The van der Waals surface area contributed by atoms with Crippen LogP contribution >= 0.6 is 22.7 Å². The predicted octanol–water partition coefficient (Wildman–Crippen LogP) is 9.40. The molecule has 2 saturated carbocycles. The number of aliphatic hydroxyl groups excluding tert-OH is 1. The van der Waals surface area contributed by atoms with Gasteiger partial charge >= 0.3 is 5.97 Å². The second-order valence-corrected chi connectivity index (χ2v) is 24.0. The van der Waals surface area contributed by atoms with E-state index in [0.29, 0.717) is 36.4 Å². The molecule has 3 aromatic carbocycles. The number of rotatable bonds is 14. The number of carbonyl (C=O) groups excluding carboxylic acids is 3. The molecule has 0 bridgehead atoms. The van der Waals surface area contributed by atoms with Crippen molar-refractivity contribution in [2.45, 2.75) is 125 Å². The van der Waals surface area contributed by atoms with Gasteiger partial charge < -0.3 is 34.4 Å². The summed E-state index contributed by atoms with van der Waals surface area (Å²) in [6, 6.07) is 26.6. The second-order valence-electron chi connectivity index (χ2n) is 22.3. The fraction of sp³-hybridized carbons (Fsp3) is 0.541. The van der Waals surface area contributed by atoms with Gasteiger partial charge in [0.05, 0.1) is 50.0 Å². The van der Waals surface area contributed by atoms with Crippen molar-refractivity contribution in [3.8, 4) is 22.5 Å². The zero-order valence-corrected chi connectivity index (χ0v) is 46.7. The van der Waals surface area contributed by atoms with Gasteiger partial charge in [-0.3, -0.25) is 19.4 Å². The number of hydrogen-bond donors (Lipinski definition) is 2. The van der Waals surface area contributed by atoms with Gasteiger partial charge in [0.1, 0.15) is 0 Å². The van der Waals surface area contributed by atoms with E-state index < -0.39 is 11.1 Å². The lowest BCUT2D eigenvalue weighted by atomic mass is 9.75. The molecule has 1 spiro atoms. The third-order valence-corrected chi connectivity index (χ3v) is 19.3. The smallest absolute Gasteiger partial charge is 0.340 e. The third-order valence-electron chi connectivity index (χ3n) is 17.5. The van der Waals surface area contributed by atoms with Crippen LogP contribution < -0.4 is 15.1 Å². The number of ketones is 1. The molecule has 414 valence electrons. The summed E-state index contributed by atoms with van der Waals surface area (Å²) in [7, 11) is 0. The van der Waals surface area contributed by atoms with Crippen molar-refractivity contribution in [1.29, 1.82) is 0 Å². The maximum absolute atomic E-state index is 13.8. The average molecular weight is 1100 g/mol. The van der Waals surface area contributed by atoms with Crippen LogP contribution in [0.1, 0.15) is 124 Å². The van der Waals surface area contributed by atoms with E-state index in [4.69, 9.17) is 29.2 Å². The number of nitrogens with zero attached hydrogens (tertiary/aromatic N) is 7. The van der Waals surface area contributed by atoms with Gasteiger partial charge in [-0.15, -0.1) is 22.7 Å². The lowest BCUT2D eigenvalue weighted by Gasteiger charge is -2.40. The van der Waals surface area contributed by atoms with E-state index >= 15 is 0 Å². The number of thiazole rings is 2. The Labute approximate surface area is 467 Å². The van der Waals surface area contributed by atoms with Crippen LogP contribution in [0.15, 0.2) is 94.6 Å². The van der Waals surface area contributed by atoms with Gasteiger partial charge in [-0.05, 0) is 81.2 Å². The zero-order chi connectivity index (χ0) is 53.3. The van der Waals surface area contributed by atoms with Crippen molar-refractivity contribution in [2.75, 3.05) is 95.2 Å². The molecule has 0 unspecified atom stereocenters. The molecule has 15 nitrogen and oxygen atoms in total. The highest BCUT2D eigenvalue weighted by atomic mass is 32.1. The van der Waals surface area contributed by atoms with Crippen LogP contribution in [0.4, 0.5) is 10.3 Å². The van der Waals surface area contributed by atoms with Gasteiger partial charge in [0, 0.05) is 110 Å². The normalized spacial score (nSPS) is 21.8. The zero-order valence-electron chi connectivity index (χ0n) is 45.0. The number of ether oxygens (including phenoxy) is 3. The molecular formula is C61H76N8O7S2. The summed E-state index contributed by atoms with van der Waals surface area (Å²) >= 11 is 3.40. The molecule has 2 N–H and O–H groups in total. The van der Waals surface area contributed by atoms with E-state index in [-0.39, 0.29) is 36.6 Å². The molecule has 7 aliphatic rings. The predicted molar refractivity (Wildman–Crippen MR) is 308 cm³/mol. The van der Waals surface area contributed by atoms with Gasteiger partial charge in [0.25, 0.3) is 5.91 Å². The molecule has 5 aromatic rings. The lowest BCUT2D eigenvalue weighted by Crippen LogP contribution is -2.56. The highest BCUT2D eigenvalue weighted by molar-refractivity contribution is 7.14. The molecule has 7 heterocycles. The van der Waals surface area contributed by atoms with Crippen LogP contribution in [0.2, 0.25) is 0 Å². The molecule has 2 aliphatic carbocycles. The Hall–Kier alpha value is -5.40. The summed E-state index contributed by atoms with van der Waals surface area (Å²) in [4.78, 5) is 64.4. The number of aromatic nitrogens is 2. The van der Waals surface area contributed by atoms with Crippen LogP contribution in [0, 0.1) is 0 Å². The number of Topliss-reactive ketones (excluding diaryl/α,β-unsaturated/α-hetero) is 1. The van der Waals surface area contributed by atoms with Crippen LogP contribution in [-0.2, 0) is 23.8 Å². The standard InChI is InChI=1S/C35H44N4O4S.C26H32N4O3S/c40-24-29(26-7-3-1-4-8-26)23-32(41)35(15-5-2-6-16-35)37-33(42)28-11-9-27(10-12-28)31-25-44-34(36-31)39-17-13-30(14-18-39)38-19-21-43-22-20-38;31-24-26(10-2-1-3-11-26)28-23(33-24)20-6-4-19(5-7-20)22-18-34-25(27-22)30-12-8-21(9-13-30)29-14-16-32-17-15-29/h1,3-4,7-12,25,29-30,40H,2,5-6,13-24H2,(H,37,42);4-7,18,21H,1-3,8-17H2/t29-;/m1./s1. The molecule has 17 heteroatoms. The molecule has 5 aliphatic heterocycles. The van der Waals surface area contributed by atoms with Crippen LogP contribution in [-0.4, -0.2) is 157 Å². The number of piperidine rings is 2. The average Bonchev–Trinajstić information content (AvgIpc) is 4.33. The summed E-state index contributed by atoms with van der Waals surface area (Å²) in [5.41, 5.74) is 4.78. The summed E-state index contributed by atoms with van der Waals surface area (Å²) < 4.78 is 16.6. The monoisotopic (exact) mass is 1100 g/mol. The summed E-state index contributed by atoms with van der Waals surface area (Å²) in [6.45, 7) is 11.7. The van der Waals surface area contributed by atoms with E-state index in [9.17, 15) is 19.5 Å². The number of cyclic esters (lactones) is 1. The number of hydrogen-bond acceptors (Lipinski definition) is 16. The Morgan fingerprint density at radius 1 is 0.628 bits per heavy atom. The number of esters is 1. The molecule has 6 fully saturated rings. The maximum Gasteiger partial charge on any atom is 0.340 e. The second kappa shape index (κ2) is 25.4. The minimum Gasteiger partial charge on any atom is -0.405 e. The van der Waals surface area contributed by atoms with E-state index in [1.807, 2.05) is 66.7 Å². The third kappa shape index (κ3) is 12.6. The Bertz CT molecular complexity index is 2800. The molecule has 1 amide bonds. The van der Waals surface area contributed by atoms with E-state index in [1.165, 1.54) is 19.3 Å². The summed E-state index contributed by atoms with van der Waals surface area (Å²) in [6.07, 6.45) is 13.9. The first-order valence-electron chi connectivity index (χ1n) is 28.8. The number of benzene rings is 3. The van der Waals surface area contributed by atoms with Crippen LogP contribution in [0.5, 0.6) is 0 Å². The van der Waals surface area contributed by atoms with E-state index in [1.54, 1.807) is 22.7 Å². The van der Waals surface area contributed by atoms with Crippen molar-refractivity contribution in [3.63, 3.8) is 0 Å². The van der Waals surface area contributed by atoms with Gasteiger partial charge in [-0.25, -0.2) is 19.8 Å². The number of nitrogens with one attached hydrogen (secondary N) is 1. The summed E-state index contributed by atoms with van der Waals surface area (Å²) in [5.74, 6) is -0.200. The van der Waals surface area contributed by atoms with Crippen molar-refractivity contribution in [3.05, 3.63) is 106 Å². The molecule has 78 heavy (non-hydrogen) atoms. The number of aliphatic hydroxyl groups is 1. The Morgan fingerprint density at radius 2 is 1.12 bits per heavy atom. The van der Waals surface area contributed by atoms with Crippen molar-refractivity contribution < 1.29 is 33.7 Å². The highest BCUT2D eigenvalue weighted by Crippen LogP contribution is 2.39. The fourth-order valence-electron chi connectivity index (χ4n) is 12.8. The minimum absolute atomic E-state index is 0.00838. The van der Waals surface area contributed by atoms with Gasteiger partial charge in [-0.2, -0.15) is 0 Å². The molecule has 4 saturated heterocycles. The van der Waals surface area contributed by atoms with E-state index in [2.05, 4.69) is 47.8 Å².